The fourth-order valence-corrected chi connectivity index (χ4v) is 2.76. The van der Waals surface area contributed by atoms with Crippen LogP contribution in [0, 0.1) is 6.92 Å². The average molecular weight is 250 g/mol. The van der Waals surface area contributed by atoms with Gasteiger partial charge in [0, 0.05) is 11.1 Å². The summed E-state index contributed by atoms with van der Waals surface area (Å²) in [5.74, 6) is 1.44. The molecule has 0 aliphatic carbocycles. The van der Waals surface area contributed by atoms with Crippen molar-refractivity contribution in [1.82, 2.24) is 20.4 Å². The van der Waals surface area contributed by atoms with Gasteiger partial charge >= 0.3 is 0 Å². The highest BCUT2D eigenvalue weighted by atomic mass is 32.1. The Morgan fingerprint density at radius 3 is 3.18 bits per heavy atom. The SMILES string of the molecule is Cc1csc(Cc2noc(C3CCCN3)n2)n1. The van der Waals surface area contributed by atoms with Crippen LogP contribution in [0.4, 0.5) is 0 Å². The molecule has 0 amide bonds. The third kappa shape index (κ3) is 2.37. The molecular weight excluding hydrogens is 236 g/mol. The second-order valence-corrected chi connectivity index (χ2v) is 5.20. The van der Waals surface area contributed by atoms with Gasteiger partial charge < -0.3 is 9.84 Å². The van der Waals surface area contributed by atoms with E-state index in [9.17, 15) is 0 Å². The zero-order valence-electron chi connectivity index (χ0n) is 9.64. The summed E-state index contributed by atoms with van der Waals surface area (Å²) < 4.78 is 5.28. The van der Waals surface area contributed by atoms with Gasteiger partial charge in [-0.2, -0.15) is 4.98 Å². The van der Waals surface area contributed by atoms with Crippen LogP contribution in [0.1, 0.15) is 41.3 Å². The van der Waals surface area contributed by atoms with Crippen molar-refractivity contribution in [2.75, 3.05) is 6.54 Å². The van der Waals surface area contributed by atoms with Crippen molar-refractivity contribution in [2.45, 2.75) is 32.2 Å². The summed E-state index contributed by atoms with van der Waals surface area (Å²) in [6.45, 7) is 3.03. The van der Waals surface area contributed by atoms with E-state index in [1.807, 2.05) is 12.3 Å². The Hall–Kier alpha value is -1.27. The highest BCUT2D eigenvalue weighted by Crippen LogP contribution is 2.22. The molecule has 1 aliphatic rings. The molecule has 90 valence electrons. The molecule has 0 aromatic carbocycles. The van der Waals surface area contributed by atoms with Gasteiger partial charge in [-0.25, -0.2) is 4.98 Å². The Morgan fingerprint density at radius 1 is 1.53 bits per heavy atom. The van der Waals surface area contributed by atoms with E-state index in [2.05, 4.69) is 20.4 Å². The quantitative estimate of drug-likeness (QED) is 0.900. The van der Waals surface area contributed by atoms with Crippen LogP contribution in [0.15, 0.2) is 9.90 Å². The number of nitrogens with zero attached hydrogens (tertiary/aromatic N) is 3. The number of aryl methyl sites for hydroxylation is 1. The number of rotatable bonds is 3. The molecule has 0 bridgehead atoms. The fourth-order valence-electron chi connectivity index (χ4n) is 2.00. The van der Waals surface area contributed by atoms with Crippen LogP contribution in [-0.4, -0.2) is 21.7 Å². The summed E-state index contributed by atoms with van der Waals surface area (Å²) in [6.07, 6.45) is 2.92. The number of hydrogen-bond donors (Lipinski definition) is 1. The molecule has 5 nitrogen and oxygen atoms in total. The van der Waals surface area contributed by atoms with Crippen LogP contribution < -0.4 is 5.32 Å². The van der Waals surface area contributed by atoms with Crippen LogP contribution in [0.25, 0.3) is 0 Å². The second-order valence-electron chi connectivity index (χ2n) is 4.26. The van der Waals surface area contributed by atoms with Crippen molar-refractivity contribution in [2.24, 2.45) is 0 Å². The maximum atomic E-state index is 5.28. The molecule has 3 rings (SSSR count). The van der Waals surface area contributed by atoms with Crippen LogP contribution in [-0.2, 0) is 6.42 Å². The second kappa shape index (κ2) is 4.54. The first kappa shape index (κ1) is 10.9. The van der Waals surface area contributed by atoms with E-state index >= 15 is 0 Å². The van der Waals surface area contributed by atoms with E-state index in [-0.39, 0.29) is 6.04 Å². The zero-order chi connectivity index (χ0) is 11.7. The monoisotopic (exact) mass is 250 g/mol. The third-order valence-corrected chi connectivity index (χ3v) is 3.78. The van der Waals surface area contributed by atoms with E-state index in [1.54, 1.807) is 11.3 Å². The van der Waals surface area contributed by atoms with Gasteiger partial charge in [-0.3, -0.25) is 0 Å². The summed E-state index contributed by atoms with van der Waals surface area (Å²) in [7, 11) is 0. The highest BCUT2D eigenvalue weighted by molar-refractivity contribution is 7.09. The molecule has 1 saturated heterocycles. The van der Waals surface area contributed by atoms with Gasteiger partial charge in [0.15, 0.2) is 5.82 Å². The first-order valence-electron chi connectivity index (χ1n) is 5.78. The number of thiazole rings is 1. The Labute approximate surface area is 103 Å². The van der Waals surface area contributed by atoms with Crippen molar-refractivity contribution < 1.29 is 4.52 Å². The summed E-state index contributed by atoms with van der Waals surface area (Å²) in [5.41, 5.74) is 1.05. The van der Waals surface area contributed by atoms with Gasteiger partial charge in [0.25, 0.3) is 0 Å². The molecule has 1 N–H and O–H groups in total. The summed E-state index contributed by atoms with van der Waals surface area (Å²) in [4.78, 5) is 8.82. The lowest BCUT2D eigenvalue weighted by atomic mass is 10.2. The molecule has 0 saturated carbocycles. The van der Waals surface area contributed by atoms with Crippen LogP contribution in [0.3, 0.4) is 0 Å². The molecule has 6 heteroatoms. The molecule has 1 atom stereocenters. The van der Waals surface area contributed by atoms with Gasteiger partial charge in [0.1, 0.15) is 5.01 Å². The maximum absolute atomic E-state index is 5.28. The lowest BCUT2D eigenvalue weighted by molar-refractivity contribution is 0.341. The molecule has 2 aromatic heterocycles. The minimum absolute atomic E-state index is 0.245. The molecule has 1 aliphatic heterocycles. The zero-order valence-corrected chi connectivity index (χ0v) is 10.5. The van der Waals surface area contributed by atoms with Crippen molar-refractivity contribution in [3.8, 4) is 0 Å². The highest BCUT2D eigenvalue weighted by Gasteiger charge is 2.22. The fraction of sp³-hybridized carbons (Fsp3) is 0.545. The largest absolute Gasteiger partial charge is 0.338 e. The van der Waals surface area contributed by atoms with Gasteiger partial charge in [0.05, 0.1) is 12.5 Å². The normalized spacial score (nSPS) is 19.9. The van der Waals surface area contributed by atoms with E-state index in [0.29, 0.717) is 12.3 Å². The number of nitrogens with one attached hydrogen (secondary N) is 1. The Balaban J connectivity index is 1.71. The lowest BCUT2D eigenvalue weighted by Crippen LogP contribution is -2.13. The predicted octanol–water partition coefficient (Wildman–Crippen LogP) is 1.85. The van der Waals surface area contributed by atoms with Crippen molar-refractivity contribution >= 4 is 11.3 Å². The maximum Gasteiger partial charge on any atom is 0.243 e. The Bertz CT molecular complexity index is 501. The molecule has 0 radical (unpaired) electrons. The van der Waals surface area contributed by atoms with E-state index < -0.39 is 0 Å². The number of aromatic nitrogens is 3. The summed E-state index contributed by atoms with van der Waals surface area (Å²) in [5, 5.41) is 10.4. The molecular formula is C11H14N4OS. The minimum atomic E-state index is 0.245. The molecule has 17 heavy (non-hydrogen) atoms. The molecule has 0 spiro atoms. The predicted molar refractivity (Wildman–Crippen MR) is 63.9 cm³/mol. The third-order valence-electron chi connectivity index (χ3n) is 2.82. The average Bonchev–Trinajstić information content (AvgIpc) is 3.00. The van der Waals surface area contributed by atoms with Crippen LogP contribution in [0.2, 0.25) is 0 Å². The lowest BCUT2D eigenvalue weighted by Gasteiger charge is -2.01. The van der Waals surface area contributed by atoms with Gasteiger partial charge in [-0.05, 0) is 26.3 Å². The molecule has 2 aromatic rings. The summed E-state index contributed by atoms with van der Waals surface area (Å²) >= 11 is 1.64. The van der Waals surface area contributed by atoms with Crippen molar-refractivity contribution in [3.05, 3.63) is 27.8 Å². The Morgan fingerprint density at radius 2 is 2.47 bits per heavy atom. The minimum Gasteiger partial charge on any atom is -0.338 e. The van der Waals surface area contributed by atoms with E-state index in [0.717, 1.165) is 29.5 Å². The van der Waals surface area contributed by atoms with Crippen molar-refractivity contribution in [1.29, 1.82) is 0 Å². The standard InChI is InChI=1S/C11H14N4OS/c1-7-6-17-10(13-7)5-9-14-11(16-15-9)8-3-2-4-12-8/h6,8,12H,2-5H2,1H3. The van der Waals surface area contributed by atoms with E-state index in [4.69, 9.17) is 4.52 Å². The van der Waals surface area contributed by atoms with Crippen molar-refractivity contribution in [3.63, 3.8) is 0 Å². The molecule has 1 fully saturated rings. The topological polar surface area (TPSA) is 63.8 Å². The van der Waals surface area contributed by atoms with Gasteiger partial charge in [-0.1, -0.05) is 5.16 Å². The summed E-state index contributed by atoms with van der Waals surface area (Å²) in [6, 6.07) is 0.245. The van der Waals surface area contributed by atoms with Crippen LogP contribution >= 0.6 is 11.3 Å². The molecule has 3 heterocycles. The first-order valence-corrected chi connectivity index (χ1v) is 6.66. The first-order chi connectivity index (χ1) is 8.31. The van der Waals surface area contributed by atoms with Crippen LogP contribution in [0.5, 0.6) is 0 Å². The smallest absolute Gasteiger partial charge is 0.243 e. The number of hydrogen-bond acceptors (Lipinski definition) is 6. The molecule has 1 unspecified atom stereocenters. The van der Waals surface area contributed by atoms with Gasteiger partial charge in [-0.15, -0.1) is 11.3 Å². The Kier molecular flexibility index (Phi) is 2.90. The van der Waals surface area contributed by atoms with Gasteiger partial charge in [0.2, 0.25) is 5.89 Å². The van der Waals surface area contributed by atoms with E-state index in [1.165, 1.54) is 6.42 Å².